The van der Waals surface area contributed by atoms with Gasteiger partial charge in [0.15, 0.2) is 5.75 Å². The predicted octanol–water partition coefficient (Wildman–Crippen LogP) is 4.92. The molecule has 0 spiro atoms. The quantitative estimate of drug-likeness (QED) is 0.357. The minimum atomic E-state index is -4.42. The molecule has 1 aliphatic heterocycles. The number of aliphatic hydroxyl groups excluding tert-OH is 1. The number of benzene rings is 2. The van der Waals surface area contributed by atoms with E-state index in [0.717, 1.165) is 23.5 Å². The van der Waals surface area contributed by atoms with Crippen LogP contribution in [0.2, 0.25) is 0 Å². The number of halogens is 3. The molecule has 2 aromatic carbocycles. The molecule has 0 saturated heterocycles. The van der Waals surface area contributed by atoms with Crippen LogP contribution in [0.15, 0.2) is 64.2 Å². The minimum Gasteiger partial charge on any atom is -0.486 e. The van der Waals surface area contributed by atoms with Crippen molar-refractivity contribution in [1.82, 2.24) is 9.80 Å². The van der Waals surface area contributed by atoms with Gasteiger partial charge in [-0.2, -0.15) is 13.2 Å². The number of ether oxygens (including phenoxy) is 1. The summed E-state index contributed by atoms with van der Waals surface area (Å²) < 4.78 is 74.1. The maximum atomic E-state index is 13.6. The maximum absolute atomic E-state index is 13.6. The van der Waals surface area contributed by atoms with Gasteiger partial charge in [-0.15, -0.1) is 11.3 Å². The van der Waals surface area contributed by atoms with Crippen molar-refractivity contribution in [2.45, 2.75) is 42.9 Å². The molecule has 1 aliphatic rings. The lowest BCUT2D eigenvalue weighted by molar-refractivity contribution is -0.137. The highest BCUT2D eigenvalue weighted by molar-refractivity contribution is 7.94. The van der Waals surface area contributed by atoms with Crippen molar-refractivity contribution in [3.8, 4) is 5.75 Å². The molecule has 2 N–H and O–H groups in total. The standard InChI is InChI=1S/C28H32F3N3O5S2/c1-18-14-34(19(2)17-35)27(36)22-6-4-7-23(32-41(37,38)25-8-5-13-40-25)26(22)39-24(18)16-33(3)15-20-9-11-21(12-10-20)28(29,30)31/h4-13,18-19,24,32,35H,14-17H2,1-3H3/t18-,19+,24+/m1/s1. The summed E-state index contributed by atoms with van der Waals surface area (Å²) in [5.41, 5.74) is 0.205. The van der Waals surface area contributed by atoms with Crippen LogP contribution >= 0.6 is 11.3 Å². The van der Waals surface area contributed by atoms with Gasteiger partial charge >= 0.3 is 6.18 Å². The Kier molecular flexibility index (Phi) is 9.32. The molecule has 8 nitrogen and oxygen atoms in total. The summed E-state index contributed by atoms with van der Waals surface area (Å²) in [4.78, 5) is 17.1. The first-order chi connectivity index (χ1) is 19.3. The molecule has 3 aromatic rings. The molecule has 2 heterocycles. The van der Waals surface area contributed by atoms with Gasteiger partial charge in [0, 0.05) is 25.6 Å². The molecule has 3 atom stereocenters. The Hall–Kier alpha value is -3.13. The third kappa shape index (κ3) is 7.21. The fraction of sp³-hybridized carbons (Fsp3) is 0.393. The first-order valence-corrected chi connectivity index (χ1v) is 15.3. The van der Waals surface area contributed by atoms with E-state index in [2.05, 4.69) is 4.72 Å². The smallest absolute Gasteiger partial charge is 0.416 e. The van der Waals surface area contributed by atoms with E-state index in [0.29, 0.717) is 18.7 Å². The topological polar surface area (TPSA) is 99.2 Å². The second-order valence-electron chi connectivity index (χ2n) is 10.2. The molecule has 0 aliphatic carbocycles. The van der Waals surface area contributed by atoms with E-state index in [-0.39, 0.29) is 40.3 Å². The summed E-state index contributed by atoms with van der Waals surface area (Å²) in [6.45, 7) is 4.27. The SMILES string of the molecule is C[C@@H]1CN([C@@H](C)CO)C(=O)c2cccc(NS(=O)(=O)c3cccs3)c2O[C@H]1CN(C)Cc1ccc(C(F)(F)F)cc1. The summed E-state index contributed by atoms with van der Waals surface area (Å²) >= 11 is 1.05. The number of para-hydroxylation sites is 1. The number of anilines is 1. The molecule has 1 amide bonds. The molecule has 13 heteroatoms. The van der Waals surface area contributed by atoms with E-state index >= 15 is 0 Å². The van der Waals surface area contributed by atoms with Crippen LogP contribution in [0.4, 0.5) is 18.9 Å². The van der Waals surface area contributed by atoms with Crippen molar-refractivity contribution in [3.05, 3.63) is 76.7 Å². The van der Waals surface area contributed by atoms with E-state index in [1.54, 1.807) is 42.5 Å². The molecule has 1 aromatic heterocycles. The summed E-state index contributed by atoms with van der Waals surface area (Å²) in [5, 5.41) is 11.5. The van der Waals surface area contributed by atoms with Crippen LogP contribution in [0.3, 0.4) is 0 Å². The number of aliphatic hydroxyl groups is 1. The fourth-order valence-corrected chi connectivity index (χ4v) is 6.69. The van der Waals surface area contributed by atoms with E-state index in [4.69, 9.17) is 4.74 Å². The Bertz CT molecular complexity index is 1450. The highest BCUT2D eigenvalue weighted by Crippen LogP contribution is 2.36. The third-order valence-corrected chi connectivity index (χ3v) is 9.68. The lowest BCUT2D eigenvalue weighted by Crippen LogP contribution is -2.49. The van der Waals surface area contributed by atoms with E-state index < -0.39 is 39.8 Å². The van der Waals surface area contributed by atoms with Crippen LogP contribution in [0.5, 0.6) is 5.75 Å². The number of sulfonamides is 1. The lowest BCUT2D eigenvalue weighted by atomic mass is 9.99. The van der Waals surface area contributed by atoms with E-state index in [1.807, 2.05) is 11.8 Å². The predicted molar refractivity (Wildman–Crippen MR) is 151 cm³/mol. The number of alkyl halides is 3. The summed E-state index contributed by atoms with van der Waals surface area (Å²) in [6.07, 6.45) is -4.96. The number of thiophene rings is 1. The van der Waals surface area contributed by atoms with Crippen molar-refractivity contribution in [1.29, 1.82) is 0 Å². The number of carbonyl (C=O) groups excluding carboxylic acids is 1. The number of hydrogen-bond donors (Lipinski definition) is 2. The lowest BCUT2D eigenvalue weighted by Gasteiger charge is -2.38. The monoisotopic (exact) mass is 611 g/mol. The Morgan fingerprint density at radius 3 is 2.49 bits per heavy atom. The first-order valence-electron chi connectivity index (χ1n) is 12.9. The van der Waals surface area contributed by atoms with Crippen LogP contribution in [-0.4, -0.2) is 68.1 Å². The molecule has 0 unspecified atom stereocenters. The maximum Gasteiger partial charge on any atom is 0.416 e. The van der Waals surface area contributed by atoms with Gasteiger partial charge in [-0.05, 0) is 55.2 Å². The number of nitrogens with zero attached hydrogens (tertiary/aromatic N) is 2. The molecule has 4 rings (SSSR count). The molecule has 41 heavy (non-hydrogen) atoms. The number of likely N-dealkylation sites (N-methyl/N-ethyl adjacent to an activating group) is 1. The summed E-state index contributed by atoms with van der Waals surface area (Å²) in [5.74, 6) is -0.576. The Morgan fingerprint density at radius 2 is 1.88 bits per heavy atom. The Morgan fingerprint density at radius 1 is 1.17 bits per heavy atom. The summed E-state index contributed by atoms with van der Waals surface area (Å²) in [7, 11) is -2.15. The van der Waals surface area contributed by atoms with Crippen LogP contribution in [0.1, 0.15) is 35.3 Å². The largest absolute Gasteiger partial charge is 0.486 e. The molecule has 0 fully saturated rings. The van der Waals surface area contributed by atoms with Crippen molar-refractivity contribution in [3.63, 3.8) is 0 Å². The van der Waals surface area contributed by atoms with Gasteiger partial charge in [-0.1, -0.05) is 31.2 Å². The highest BCUT2D eigenvalue weighted by atomic mass is 32.2. The number of nitrogens with one attached hydrogen (secondary N) is 1. The average Bonchev–Trinajstić information content (AvgIpc) is 3.47. The van der Waals surface area contributed by atoms with Crippen molar-refractivity contribution < 1.29 is 36.2 Å². The van der Waals surface area contributed by atoms with E-state index in [9.17, 15) is 31.5 Å². The molecular weight excluding hydrogens is 579 g/mol. The Balaban J connectivity index is 1.65. The van der Waals surface area contributed by atoms with Crippen LogP contribution in [-0.2, 0) is 22.7 Å². The zero-order valence-electron chi connectivity index (χ0n) is 22.8. The van der Waals surface area contributed by atoms with Gasteiger partial charge in [-0.3, -0.25) is 14.4 Å². The zero-order valence-corrected chi connectivity index (χ0v) is 24.4. The fourth-order valence-electron chi connectivity index (χ4n) is 4.64. The van der Waals surface area contributed by atoms with Crippen molar-refractivity contribution >= 4 is 33.0 Å². The zero-order chi connectivity index (χ0) is 29.9. The van der Waals surface area contributed by atoms with Crippen LogP contribution in [0.25, 0.3) is 0 Å². The number of amides is 1. The molecule has 0 saturated carbocycles. The van der Waals surface area contributed by atoms with Crippen LogP contribution in [0, 0.1) is 5.92 Å². The van der Waals surface area contributed by atoms with Gasteiger partial charge in [0.2, 0.25) is 0 Å². The van der Waals surface area contributed by atoms with Crippen LogP contribution < -0.4 is 9.46 Å². The van der Waals surface area contributed by atoms with Gasteiger partial charge in [0.05, 0.1) is 29.5 Å². The highest BCUT2D eigenvalue weighted by Gasteiger charge is 2.35. The number of hydrogen-bond acceptors (Lipinski definition) is 7. The van der Waals surface area contributed by atoms with Gasteiger partial charge in [0.25, 0.3) is 15.9 Å². The van der Waals surface area contributed by atoms with Crippen molar-refractivity contribution in [2.24, 2.45) is 5.92 Å². The summed E-state index contributed by atoms with van der Waals surface area (Å²) in [6, 6.07) is 12.2. The first kappa shape index (κ1) is 30.8. The molecular formula is C28H32F3N3O5S2. The number of rotatable bonds is 9. The normalized spacial score (nSPS) is 18.8. The van der Waals surface area contributed by atoms with Gasteiger partial charge < -0.3 is 14.7 Å². The number of fused-ring (bicyclic) bond motifs is 1. The number of carbonyl (C=O) groups is 1. The van der Waals surface area contributed by atoms with Crippen molar-refractivity contribution in [2.75, 3.05) is 31.5 Å². The molecule has 0 bridgehead atoms. The average molecular weight is 612 g/mol. The molecule has 0 radical (unpaired) electrons. The van der Waals surface area contributed by atoms with Gasteiger partial charge in [-0.25, -0.2) is 8.42 Å². The van der Waals surface area contributed by atoms with E-state index in [1.165, 1.54) is 24.3 Å². The molecule has 222 valence electrons. The third-order valence-electron chi connectivity index (χ3n) is 6.92. The van der Waals surface area contributed by atoms with Gasteiger partial charge in [0.1, 0.15) is 10.3 Å². The second-order valence-corrected chi connectivity index (χ2v) is 13.1. The minimum absolute atomic E-state index is 0.0762. The second kappa shape index (κ2) is 12.4. The Labute approximate surface area is 241 Å².